The molecular weight excluding hydrogens is 217 g/mol. The van der Waals surface area contributed by atoms with Crippen LogP contribution in [0.4, 0.5) is 4.39 Å². The smallest absolute Gasteiger partial charge is 0.250 e. The molecule has 6 heteroatoms. The number of hydrogen-bond donors (Lipinski definition) is 3. The van der Waals surface area contributed by atoms with Gasteiger partial charge in [-0.05, 0) is 6.07 Å². The molecule has 0 saturated carbocycles. The van der Waals surface area contributed by atoms with Gasteiger partial charge in [0.2, 0.25) is 5.56 Å². The van der Waals surface area contributed by atoms with Gasteiger partial charge in [-0.1, -0.05) is 0 Å². The third-order valence-corrected chi connectivity index (χ3v) is 2.65. The number of aliphatic hydroxyl groups excluding tert-OH is 2. The number of aromatic amines is 1. The van der Waals surface area contributed by atoms with Crippen LogP contribution in [0.25, 0.3) is 0 Å². The maximum atomic E-state index is 13.4. The van der Waals surface area contributed by atoms with Crippen LogP contribution in [0.15, 0.2) is 16.9 Å². The van der Waals surface area contributed by atoms with Crippen LogP contribution < -0.4 is 5.56 Å². The van der Waals surface area contributed by atoms with Crippen molar-refractivity contribution in [2.24, 2.45) is 0 Å². The minimum atomic E-state index is -0.818. The molecule has 1 aromatic rings. The molecule has 2 heterocycles. The Labute approximate surface area is 90.5 Å². The summed E-state index contributed by atoms with van der Waals surface area (Å²) in [6.07, 6.45) is -1.95. The summed E-state index contributed by atoms with van der Waals surface area (Å²) in [5.74, 6) is -0.761. The Hall–Kier alpha value is -1.24. The van der Waals surface area contributed by atoms with Gasteiger partial charge in [0.25, 0.3) is 0 Å². The number of pyridine rings is 1. The van der Waals surface area contributed by atoms with E-state index in [2.05, 4.69) is 0 Å². The van der Waals surface area contributed by atoms with Gasteiger partial charge < -0.3 is 14.9 Å². The summed E-state index contributed by atoms with van der Waals surface area (Å²) in [6.45, 7) is -0.317. The van der Waals surface area contributed by atoms with Crippen molar-refractivity contribution in [3.05, 3.63) is 34.0 Å². The summed E-state index contributed by atoms with van der Waals surface area (Å²) < 4.78 is 18.6. The lowest BCUT2D eigenvalue weighted by atomic mass is 10.1. The predicted molar refractivity (Wildman–Crippen MR) is 52.3 cm³/mol. The molecule has 1 aliphatic heterocycles. The second kappa shape index (κ2) is 4.32. The zero-order chi connectivity index (χ0) is 11.7. The van der Waals surface area contributed by atoms with Gasteiger partial charge in [0.05, 0.1) is 18.8 Å². The van der Waals surface area contributed by atoms with E-state index in [4.69, 9.17) is 9.84 Å². The Morgan fingerprint density at radius 2 is 2.31 bits per heavy atom. The average molecular weight is 229 g/mol. The summed E-state index contributed by atoms with van der Waals surface area (Å²) in [5.41, 5.74) is -0.340. The van der Waals surface area contributed by atoms with Crippen molar-refractivity contribution in [3.8, 4) is 0 Å². The van der Waals surface area contributed by atoms with Crippen LogP contribution in [0.3, 0.4) is 0 Å². The first-order valence-corrected chi connectivity index (χ1v) is 4.95. The second-order valence-corrected chi connectivity index (χ2v) is 3.74. The largest absolute Gasteiger partial charge is 0.394 e. The monoisotopic (exact) mass is 229 g/mol. The van der Waals surface area contributed by atoms with E-state index < -0.39 is 29.8 Å². The Morgan fingerprint density at radius 3 is 2.88 bits per heavy atom. The number of aliphatic hydroxyl groups is 2. The maximum absolute atomic E-state index is 13.4. The summed E-state index contributed by atoms with van der Waals surface area (Å²) in [4.78, 5) is 12.8. The fourth-order valence-corrected chi connectivity index (χ4v) is 1.80. The molecule has 5 nitrogen and oxygen atoms in total. The lowest BCUT2D eigenvalue weighted by Crippen LogP contribution is -2.24. The summed E-state index contributed by atoms with van der Waals surface area (Å²) >= 11 is 0. The van der Waals surface area contributed by atoms with Crippen LogP contribution >= 0.6 is 0 Å². The van der Waals surface area contributed by atoms with E-state index in [-0.39, 0.29) is 18.6 Å². The molecular formula is C10H12FNO4. The van der Waals surface area contributed by atoms with Crippen molar-refractivity contribution < 1.29 is 19.3 Å². The van der Waals surface area contributed by atoms with Gasteiger partial charge in [-0.25, -0.2) is 0 Å². The van der Waals surface area contributed by atoms with E-state index in [1.54, 1.807) is 0 Å². The van der Waals surface area contributed by atoms with Gasteiger partial charge in [-0.15, -0.1) is 0 Å². The molecule has 0 spiro atoms. The van der Waals surface area contributed by atoms with Crippen LogP contribution in [0.2, 0.25) is 0 Å². The minimum Gasteiger partial charge on any atom is -0.394 e. The van der Waals surface area contributed by atoms with E-state index in [0.717, 1.165) is 0 Å². The zero-order valence-corrected chi connectivity index (χ0v) is 8.39. The van der Waals surface area contributed by atoms with E-state index in [0.29, 0.717) is 0 Å². The Kier molecular flexibility index (Phi) is 3.04. The molecule has 3 N–H and O–H groups in total. The maximum Gasteiger partial charge on any atom is 0.250 e. The lowest BCUT2D eigenvalue weighted by Gasteiger charge is -2.12. The van der Waals surface area contributed by atoms with Crippen molar-refractivity contribution in [2.75, 3.05) is 6.61 Å². The molecule has 88 valence electrons. The fraction of sp³-hybridized carbons (Fsp3) is 0.500. The van der Waals surface area contributed by atoms with Crippen LogP contribution in [-0.2, 0) is 4.74 Å². The standard InChI is InChI=1S/C10H12FNO4/c11-10-5(1-2-9(15)12-10)7-3-6(14)8(4-13)16-7/h1-2,6-8,13-14H,3-4H2,(H,12,15)/t6-,7-,8-/m1/s1. The SMILES string of the molecule is O=c1ccc([C@H]2C[C@@H](O)[C@@H](CO)O2)c(F)[nH]1. The highest BCUT2D eigenvalue weighted by Gasteiger charge is 2.35. The third kappa shape index (κ3) is 1.99. The molecule has 3 atom stereocenters. The number of hydrogen-bond acceptors (Lipinski definition) is 4. The van der Waals surface area contributed by atoms with Gasteiger partial charge in [0, 0.05) is 18.1 Å². The number of aromatic nitrogens is 1. The Morgan fingerprint density at radius 1 is 1.56 bits per heavy atom. The first kappa shape index (κ1) is 11.3. The van der Waals surface area contributed by atoms with Crippen molar-refractivity contribution in [1.29, 1.82) is 0 Å². The quantitative estimate of drug-likeness (QED) is 0.608. The molecule has 0 bridgehead atoms. The highest BCUT2D eigenvalue weighted by Crippen LogP contribution is 2.33. The first-order valence-electron chi connectivity index (χ1n) is 4.95. The zero-order valence-electron chi connectivity index (χ0n) is 8.39. The van der Waals surface area contributed by atoms with E-state index in [1.165, 1.54) is 12.1 Å². The van der Waals surface area contributed by atoms with Gasteiger partial charge in [-0.2, -0.15) is 4.39 Å². The molecule has 1 saturated heterocycles. The van der Waals surface area contributed by atoms with Crippen LogP contribution in [0.1, 0.15) is 18.1 Å². The molecule has 0 aromatic carbocycles. The van der Waals surface area contributed by atoms with Crippen LogP contribution in [0.5, 0.6) is 0 Å². The predicted octanol–water partition coefficient (Wildman–Crippen LogP) is -0.303. The van der Waals surface area contributed by atoms with Gasteiger partial charge in [0.1, 0.15) is 6.10 Å². The van der Waals surface area contributed by atoms with E-state index >= 15 is 0 Å². The highest BCUT2D eigenvalue weighted by molar-refractivity contribution is 5.16. The van der Waals surface area contributed by atoms with Crippen LogP contribution in [-0.4, -0.2) is 34.0 Å². The summed E-state index contributed by atoms with van der Waals surface area (Å²) in [5, 5.41) is 18.4. The molecule has 0 amide bonds. The highest BCUT2D eigenvalue weighted by atomic mass is 19.1. The minimum absolute atomic E-state index is 0.189. The van der Waals surface area contributed by atoms with Gasteiger partial charge in [-0.3, -0.25) is 9.78 Å². The van der Waals surface area contributed by atoms with E-state index in [1.807, 2.05) is 4.98 Å². The van der Waals surface area contributed by atoms with E-state index in [9.17, 15) is 14.3 Å². The summed E-state index contributed by atoms with van der Waals surface area (Å²) in [6, 6.07) is 2.52. The molecule has 1 aromatic heterocycles. The normalized spacial score (nSPS) is 29.6. The number of H-pyrrole nitrogens is 1. The number of rotatable bonds is 2. The van der Waals surface area contributed by atoms with Gasteiger partial charge in [0.15, 0.2) is 5.95 Å². The van der Waals surface area contributed by atoms with Crippen molar-refractivity contribution >= 4 is 0 Å². The number of halogens is 1. The molecule has 0 unspecified atom stereocenters. The summed E-state index contributed by atoms with van der Waals surface area (Å²) in [7, 11) is 0. The number of ether oxygens (including phenoxy) is 1. The molecule has 2 rings (SSSR count). The van der Waals surface area contributed by atoms with Crippen LogP contribution in [0, 0.1) is 5.95 Å². The number of nitrogens with one attached hydrogen (secondary N) is 1. The Bertz CT molecular complexity index is 433. The second-order valence-electron chi connectivity index (χ2n) is 3.74. The first-order chi connectivity index (χ1) is 7.61. The lowest BCUT2D eigenvalue weighted by molar-refractivity contribution is -0.0235. The molecule has 1 fully saturated rings. The topological polar surface area (TPSA) is 82.6 Å². The third-order valence-electron chi connectivity index (χ3n) is 2.65. The molecule has 0 radical (unpaired) electrons. The molecule has 1 aliphatic rings. The molecule has 16 heavy (non-hydrogen) atoms. The van der Waals surface area contributed by atoms with Crippen molar-refractivity contribution in [3.63, 3.8) is 0 Å². The van der Waals surface area contributed by atoms with Crippen molar-refractivity contribution in [1.82, 2.24) is 4.98 Å². The van der Waals surface area contributed by atoms with Gasteiger partial charge >= 0.3 is 0 Å². The fourth-order valence-electron chi connectivity index (χ4n) is 1.80. The average Bonchev–Trinajstić information content (AvgIpc) is 2.59. The van der Waals surface area contributed by atoms with Crippen molar-refractivity contribution in [2.45, 2.75) is 24.7 Å². The molecule has 0 aliphatic carbocycles. The Balaban J connectivity index is 2.23.